The number of aromatic nitrogens is 3. The van der Waals surface area contributed by atoms with Crippen LogP contribution in [0.1, 0.15) is 12.5 Å². The zero-order valence-corrected chi connectivity index (χ0v) is 17.3. The number of rotatable bonds is 7. The lowest BCUT2D eigenvalue weighted by molar-refractivity contribution is -0.115. The van der Waals surface area contributed by atoms with E-state index in [1.54, 1.807) is 6.08 Å². The molecule has 0 aliphatic carbocycles. The lowest BCUT2D eigenvalue weighted by atomic mass is 10.2. The number of nitrogens with one attached hydrogen (secondary N) is 1. The summed E-state index contributed by atoms with van der Waals surface area (Å²) in [6.07, 6.45) is 1.78. The second-order valence-electron chi connectivity index (χ2n) is 6.33. The maximum absolute atomic E-state index is 12.6. The monoisotopic (exact) mass is 412 g/mol. The lowest BCUT2D eigenvalue weighted by Gasteiger charge is -2.13. The number of carbonyl (C=O) groups is 1. The van der Waals surface area contributed by atoms with E-state index in [-0.39, 0.29) is 11.2 Å². The first-order valence-electron chi connectivity index (χ1n) is 8.82. The molecular formula is C21H21ClN4OS. The summed E-state index contributed by atoms with van der Waals surface area (Å²) in [6.45, 7) is 8.22. The van der Waals surface area contributed by atoms with E-state index in [4.69, 9.17) is 11.6 Å². The molecule has 0 aliphatic rings. The van der Waals surface area contributed by atoms with Crippen molar-refractivity contribution in [3.63, 3.8) is 0 Å². The molecule has 0 saturated heterocycles. The molecule has 0 radical (unpaired) electrons. The van der Waals surface area contributed by atoms with Gasteiger partial charge in [-0.3, -0.25) is 9.36 Å². The third kappa shape index (κ3) is 4.82. The van der Waals surface area contributed by atoms with Crippen molar-refractivity contribution in [2.24, 2.45) is 0 Å². The number of aryl methyl sites for hydroxylation is 1. The van der Waals surface area contributed by atoms with Gasteiger partial charge in [0.2, 0.25) is 5.91 Å². The van der Waals surface area contributed by atoms with Gasteiger partial charge in [-0.2, -0.15) is 0 Å². The molecule has 3 aromatic rings. The minimum atomic E-state index is -0.341. The average Bonchev–Trinajstić information content (AvgIpc) is 3.07. The van der Waals surface area contributed by atoms with E-state index in [1.807, 2.05) is 66.9 Å². The van der Waals surface area contributed by atoms with Crippen LogP contribution in [0.3, 0.4) is 0 Å². The third-order valence-corrected chi connectivity index (χ3v) is 5.43. The van der Waals surface area contributed by atoms with Gasteiger partial charge in [-0.25, -0.2) is 0 Å². The number of hydrogen-bond donors (Lipinski definition) is 1. The molecule has 7 heteroatoms. The Bertz CT molecular complexity index is 967. The van der Waals surface area contributed by atoms with E-state index in [1.165, 1.54) is 11.8 Å². The number of thioether (sulfide) groups is 1. The predicted molar refractivity (Wildman–Crippen MR) is 116 cm³/mol. The molecule has 144 valence electrons. The van der Waals surface area contributed by atoms with Gasteiger partial charge in [0.15, 0.2) is 11.0 Å². The molecule has 1 amide bonds. The van der Waals surface area contributed by atoms with Gasteiger partial charge in [-0.1, -0.05) is 47.1 Å². The molecule has 0 bridgehead atoms. The van der Waals surface area contributed by atoms with Crippen molar-refractivity contribution >= 4 is 35.0 Å². The Kier molecular flexibility index (Phi) is 6.54. The summed E-state index contributed by atoms with van der Waals surface area (Å²) in [7, 11) is 0. The van der Waals surface area contributed by atoms with Crippen molar-refractivity contribution < 1.29 is 4.79 Å². The standard InChI is InChI=1S/C21H21ClN4OS/c1-4-13-26-19(16-7-9-17(22)10-8-16)24-25-21(26)28-15(3)20(27)23-18-11-5-14(2)6-12-18/h4-12,15H,1,13H2,2-3H3,(H,23,27)/t15-/m1/s1. The molecule has 5 nitrogen and oxygen atoms in total. The number of hydrogen-bond acceptors (Lipinski definition) is 4. The second kappa shape index (κ2) is 9.08. The van der Waals surface area contributed by atoms with Crippen molar-refractivity contribution in [2.75, 3.05) is 5.32 Å². The minimum Gasteiger partial charge on any atom is -0.325 e. The van der Waals surface area contributed by atoms with Crippen LogP contribution in [-0.2, 0) is 11.3 Å². The third-order valence-electron chi connectivity index (χ3n) is 4.10. The number of carbonyl (C=O) groups excluding carboxylic acids is 1. The smallest absolute Gasteiger partial charge is 0.237 e. The van der Waals surface area contributed by atoms with Gasteiger partial charge in [0.25, 0.3) is 0 Å². The van der Waals surface area contributed by atoms with Gasteiger partial charge in [0.05, 0.1) is 5.25 Å². The first-order valence-corrected chi connectivity index (χ1v) is 10.1. The summed E-state index contributed by atoms with van der Waals surface area (Å²) in [5, 5.41) is 12.5. The number of amides is 1. The highest BCUT2D eigenvalue weighted by Gasteiger charge is 2.20. The quantitative estimate of drug-likeness (QED) is 0.427. The summed E-state index contributed by atoms with van der Waals surface area (Å²) in [5.74, 6) is 0.625. The molecule has 1 heterocycles. The zero-order valence-electron chi connectivity index (χ0n) is 15.7. The number of benzene rings is 2. The average molecular weight is 413 g/mol. The molecule has 0 aliphatic heterocycles. The van der Waals surface area contributed by atoms with Crippen molar-refractivity contribution in [3.05, 3.63) is 71.8 Å². The van der Waals surface area contributed by atoms with Crippen molar-refractivity contribution in [2.45, 2.75) is 30.8 Å². The second-order valence-corrected chi connectivity index (χ2v) is 8.07. The van der Waals surface area contributed by atoms with E-state index in [9.17, 15) is 4.79 Å². The minimum absolute atomic E-state index is 0.0879. The van der Waals surface area contributed by atoms with Crippen LogP contribution in [0.15, 0.2) is 66.3 Å². The highest BCUT2D eigenvalue weighted by Crippen LogP contribution is 2.28. The summed E-state index contributed by atoms with van der Waals surface area (Å²) >= 11 is 7.34. The van der Waals surface area contributed by atoms with Crippen LogP contribution < -0.4 is 5.32 Å². The number of nitrogens with zero attached hydrogens (tertiary/aromatic N) is 3. The zero-order chi connectivity index (χ0) is 20.1. The van der Waals surface area contributed by atoms with Crippen molar-refractivity contribution in [1.29, 1.82) is 0 Å². The summed E-state index contributed by atoms with van der Waals surface area (Å²) in [5.41, 5.74) is 2.83. The van der Waals surface area contributed by atoms with Gasteiger partial charge in [-0.15, -0.1) is 16.8 Å². The van der Waals surface area contributed by atoms with Crippen LogP contribution >= 0.6 is 23.4 Å². The Morgan fingerprint density at radius 2 is 1.89 bits per heavy atom. The maximum Gasteiger partial charge on any atom is 0.237 e. The number of allylic oxidation sites excluding steroid dienone is 1. The normalized spacial score (nSPS) is 11.8. The molecule has 28 heavy (non-hydrogen) atoms. The van der Waals surface area contributed by atoms with Crippen LogP contribution in [0, 0.1) is 6.92 Å². The Labute approximate surface area is 173 Å². The lowest BCUT2D eigenvalue weighted by Crippen LogP contribution is -2.23. The molecule has 0 unspecified atom stereocenters. The van der Waals surface area contributed by atoms with Crippen LogP contribution in [0.25, 0.3) is 11.4 Å². The fraction of sp³-hybridized carbons (Fsp3) is 0.190. The molecule has 0 spiro atoms. The van der Waals surface area contributed by atoms with Gasteiger partial charge in [0, 0.05) is 22.8 Å². The summed E-state index contributed by atoms with van der Waals surface area (Å²) in [6, 6.07) is 15.1. The van der Waals surface area contributed by atoms with Gasteiger partial charge in [-0.05, 0) is 50.2 Å². The fourth-order valence-corrected chi connectivity index (χ4v) is 3.56. The Morgan fingerprint density at radius 3 is 2.54 bits per heavy atom. The highest BCUT2D eigenvalue weighted by molar-refractivity contribution is 8.00. The molecule has 2 aromatic carbocycles. The van der Waals surface area contributed by atoms with E-state index in [2.05, 4.69) is 22.1 Å². The Morgan fingerprint density at radius 1 is 1.21 bits per heavy atom. The van der Waals surface area contributed by atoms with E-state index in [0.717, 1.165) is 16.8 Å². The summed E-state index contributed by atoms with van der Waals surface area (Å²) < 4.78 is 1.94. The van der Waals surface area contributed by atoms with Crippen LogP contribution in [0.2, 0.25) is 5.02 Å². The van der Waals surface area contributed by atoms with Crippen LogP contribution in [-0.4, -0.2) is 25.9 Å². The molecule has 0 saturated carbocycles. The molecular weight excluding hydrogens is 392 g/mol. The van der Waals surface area contributed by atoms with Crippen LogP contribution in [0.4, 0.5) is 5.69 Å². The maximum atomic E-state index is 12.6. The number of halogens is 1. The molecule has 0 fully saturated rings. The van der Waals surface area contributed by atoms with Crippen LogP contribution in [0.5, 0.6) is 0 Å². The summed E-state index contributed by atoms with van der Waals surface area (Å²) in [4.78, 5) is 12.6. The van der Waals surface area contributed by atoms with Gasteiger partial charge < -0.3 is 5.32 Å². The first kappa shape index (κ1) is 20.2. The van der Waals surface area contributed by atoms with Gasteiger partial charge >= 0.3 is 0 Å². The SMILES string of the molecule is C=CCn1c(S[C@H](C)C(=O)Nc2ccc(C)cc2)nnc1-c1ccc(Cl)cc1. The van der Waals surface area contributed by atoms with Gasteiger partial charge in [0.1, 0.15) is 0 Å². The number of anilines is 1. The fourth-order valence-electron chi connectivity index (χ4n) is 2.57. The molecule has 3 rings (SSSR count). The van der Waals surface area contributed by atoms with E-state index >= 15 is 0 Å². The topological polar surface area (TPSA) is 59.8 Å². The largest absolute Gasteiger partial charge is 0.325 e. The van der Waals surface area contributed by atoms with Crippen molar-refractivity contribution in [3.8, 4) is 11.4 Å². The Hall–Kier alpha value is -2.57. The van der Waals surface area contributed by atoms with E-state index < -0.39 is 0 Å². The molecule has 1 N–H and O–H groups in total. The molecule has 1 atom stereocenters. The Balaban J connectivity index is 1.77. The predicted octanol–water partition coefficient (Wildman–Crippen LogP) is 5.21. The first-order chi connectivity index (χ1) is 13.5. The van der Waals surface area contributed by atoms with Crippen molar-refractivity contribution in [1.82, 2.24) is 14.8 Å². The molecule has 1 aromatic heterocycles. The van der Waals surface area contributed by atoms with E-state index in [0.29, 0.717) is 22.5 Å². The highest BCUT2D eigenvalue weighted by atomic mass is 35.5.